The molecule has 0 spiro atoms. The van der Waals surface area contributed by atoms with Gasteiger partial charge in [-0.05, 0) is 37.9 Å². The van der Waals surface area contributed by atoms with Gasteiger partial charge in [-0.15, -0.1) is 0 Å². The highest BCUT2D eigenvalue weighted by Gasteiger charge is 2.21. The molecule has 0 aliphatic heterocycles. The fourth-order valence-electron chi connectivity index (χ4n) is 0.859. The molecule has 1 aromatic carbocycles. The summed E-state index contributed by atoms with van der Waals surface area (Å²) in [5, 5.41) is 19.2. The number of halogens is 2. The Morgan fingerprint density at radius 3 is 2.29 bits per heavy atom. The standard InChI is InChI=1S/C7H3Br2NO4/c8-4-1-3(7(11)12)6(10(13)14)2-5(4)9/h1-2H,(H,11,12). The van der Waals surface area contributed by atoms with Gasteiger partial charge in [0, 0.05) is 15.0 Å². The first-order chi connectivity index (χ1) is 6.43. The number of aromatic carboxylic acids is 1. The van der Waals surface area contributed by atoms with Gasteiger partial charge in [-0.1, -0.05) is 0 Å². The second-order valence-corrected chi connectivity index (χ2v) is 4.05. The minimum atomic E-state index is -1.33. The summed E-state index contributed by atoms with van der Waals surface area (Å²) in [6, 6.07) is 2.33. The van der Waals surface area contributed by atoms with Gasteiger partial charge in [-0.25, -0.2) is 4.79 Å². The van der Waals surface area contributed by atoms with Crippen molar-refractivity contribution < 1.29 is 14.8 Å². The fourth-order valence-corrected chi connectivity index (χ4v) is 1.53. The first-order valence-electron chi connectivity index (χ1n) is 3.30. The molecular formula is C7H3Br2NO4. The van der Waals surface area contributed by atoms with Gasteiger partial charge in [0.15, 0.2) is 0 Å². The van der Waals surface area contributed by atoms with Crippen molar-refractivity contribution in [1.82, 2.24) is 0 Å². The maximum atomic E-state index is 10.6. The van der Waals surface area contributed by atoms with Gasteiger partial charge in [0.2, 0.25) is 0 Å². The number of carboxylic acid groups (broad SMARTS) is 1. The van der Waals surface area contributed by atoms with Crippen molar-refractivity contribution in [3.63, 3.8) is 0 Å². The van der Waals surface area contributed by atoms with Crippen molar-refractivity contribution in [3.05, 3.63) is 36.8 Å². The summed E-state index contributed by atoms with van der Waals surface area (Å²) in [7, 11) is 0. The predicted molar refractivity (Wildman–Crippen MR) is 55.5 cm³/mol. The predicted octanol–water partition coefficient (Wildman–Crippen LogP) is 2.82. The van der Waals surface area contributed by atoms with E-state index in [1.807, 2.05) is 0 Å². The van der Waals surface area contributed by atoms with Crippen molar-refractivity contribution in [3.8, 4) is 0 Å². The molecule has 74 valence electrons. The van der Waals surface area contributed by atoms with Crippen LogP contribution in [-0.4, -0.2) is 16.0 Å². The Morgan fingerprint density at radius 1 is 1.36 bits per heavy atom. The van der Waals surface area contributed by atoms with Crippen LogP contribution in [0.25, 0.3) is 0 Å². The average molecular weight is 325 g/mol. The largest absolute Gasteiger partial charge is 0.477 e. The molecule has 0 aliphatic carbocycles. The van der Waals surface area contributed by atoms with Crippen molar-refractivity contribution in [2.24, 2.45) is 0 Å². The number of nitrogens with zero attached hydrogens (tertiary/aromatic N) is 1. The fraction of sp³-hybridized carbons (Fsp3) is 0. The lowest BCUT2D eigenvalue weighted by atomic mass is 10.2. The van der Waals surface area contributed by atoms with E-state index >= 15 is 0 Å². The number of nitro benzene ring substituents is 1. The van der Waals surface area contributed by atoms with Gasteiger partial charge in [-0.2, -0.15) is 0 Å². The first-order valence-corrected chi connectivity index (χ1v) is 4.89. The second kappa shape index (κ2) is 4.05. The van der Waals surface area contributed by atoms with Crippen LogP contribution in [0, 0.1) is 10.1 Å². The number of carboxylic acids is 1. The second-order valence-electron chi connectivity index (χ2n) is 2.35. The molecule has 0 fully saturated rings. The van der Waals surface area contributed by atoms with Crippen molar-refractivity contribution >= 4 is 43.5 Å². The Morgan fingerprint density at radius 2 is 1.86 bits per heavy atom. The molecule has 7 heteroatoms. The molecule has 14 heavy (non-hydrogen) atoms. The van der Waals surface area contributed by atoms with Gasteiger partial charge in [0.05, 0.1) is 4.92 Å². The zero-order chi connectivity index (χ0) is 10.9. The summed E-state index contributed by atoms with van der Waals surface area (Å²) in [4.78, 5) is 20.4. The Bertz CT molecular complexity index is 379. The van der Waals surface area contributed by atoms with Crippen LogP contribution in [-0.2, 0) is 0 Å². The SMILES string of the molecule is O=C(O)c1cc(Br)c(Br)cc1[N+](=O)[O-]. The summed E-state index contributed by atoms with van der Waals surface area (Å²) in [6.07, 6.45) is 0. The van der Waals surface area contributed by atoms with Crippen LogP contribution in [0.1, 0.15) is 10.4 Å². The van der Waals surface area contributed by atoms with Crippen LogP contribution in [0.5, 0.6) is 0 Å². The Hall–Kier alpha value is -0.950. The molecule has 0 amide bonds. The third-order valence-corrected chi connectivity index (χ3v) is 3.31. The van der Waals surface area contributed by atoms with Gasteiger partial charge in [0.25, 0.3) is 5.69 Å². The molecule has 0 saturated carbocycles. The highest BCUT2D eigenvalue weighted by Crippen LogP contribution is 2.30. The van der Waals surface area contributed by atoms with E-state index in [1.54, 1.807) is 0 Å². The normalized spacial score (nSPS) is 9.86. The number of hydrogen-bond acceptors (Lipinski definition) is 3. The van der Waals surface area contributed by atoms with Crippen molar-refractivity contribution in [2.75, 3.05) is 0 Å². The maximum absolute atomic E-state index is 10.6. The third kappa shape index (κ3) is 2.10. The molecular weight excluding hydrogens is 322 g/mol. The lowest BCUT2D eigenvalue weighted by Crippen LogP contribution is -2.02. The molecule has 5 nitrogen and oxygen atoms in total. The summed E-state index contributed by atoms with van der Waals surface area (Å²) in [5.74, 6) is -1.33. The Labute approximate surface area is 95.1 Å². The highest BCUT2D eigenvalue weighted by molar-refractivity contribution is 9.13. The van der Waals surface area contributed by atoms with E-state index in [0.29, 0.717) is 8.95 Å². The number of hydrogen-bond donors (Lipinski definition) is 1. The molecule has 0 radical (unpaired) electrons. The number of carbonyl (C=O) groups is 1. The maximum Gasteiger partial charge on any atom is 0.342 e. The Kier molecular flexibility index (Phi) is 3.22. The number of nitro groups is 1. The molecule has 0 bridgehead atoms. The number of benzene rings is 1. The average Bonchev–Trinajstić information content (AvgIpc) is 2.08. The highest BCUT2D eigenvalue weighted by atomic mass is 79.9. The van der Waals surface area contributed by atoms with E-state index in [0.717, 1.165) is 6.07 Å². The van der Waals surface area contributed by atoms with E-state index in [4.69, 9.17) is 5.11 Å². The minimum absolute atomic E-state index is 0.343. The number of rotatable bonds is 2. The van der Waals surface area contributed by atoms with Crippen LogP contribution in [0.3, 0.4) is 0 Å². The third-order valence-electron chi connectivity index (χ3n) is 1.47. The van der Waals surface area contributed by atoms with Crippen LogP contribution >= 0.6 is 31.9 Å². The van der Waals surface area contributed by atoms with Gasteiger partial charge in [-0.3, -0.25) is 10.1 Å². The molecule has 0 aromatic heterocycles. The molecule has 0 aliphatic rings. The molecule has 0 saturated heterocycles. The summed E-state index contributed by atoms with van der Waals surface area (Å²) >= 11 is 6.12. The topological polar surface area (TPSA) is 80.4 Å². The van der Waals surface area contributed by atoms with Crippen LogP contribution in [0.4, 0.5) is 5.69 Å². The lowest BCUT2D eigenvalue weighted by molar-refractivity contribution is -0.385. The molecule has 1 N–H and O–H groups in total. The van der Waals surface area contributed by atoms with Gasteiger partial charge < -0.3 is 5.11 Å². The van der Waals surface area contributed by atoms with E-state index in [1.165, 1.54) is 6.07 Å². The van der Waals surface area contributed by atoms with Crippen molar-refractivity contribution in [2.45, 2.75) is 0 Å². The van der Waals surface area contributed by atoms with Gasteiger partial charge >= 0.3 is 5.97 Å². The van der Waals surface area contributed by atoms with E-state index in [9.17, 15) is 14.9 Å². The molecule has 0 heterocycles. The quantitative estimate of drug-likeness (QED) is 0.670. The van der Waals surface area contributed by atoms with Crippen molar-refractivity contribution in [1.29, 1.82) is 0 Å². The van der Waals surface area contributed by atoms with Crippen LogP contribution in [0.2, 0.25) is 0 Å². The lowest BCUT2D eigenvalue weighted by Gasteiger charge is -2.00. The molecule has 1 rings (SSSR count). The summed E-state index contributed by atoms with van der Waals surface area (Å²) in [6.45, 7) is 0. The van der Waals surface area contributed by atoms with E-state index < -0.39 is 16.6 Å². The summed E-state index contributed by atoms with van der Waals surface area (Å²) in [5.41, 5.74) is -0.780. The van der Waals surface area contributed by atoms with Gasteiger partial charge in [0.1, 0.15) is 5.56 Å². The minimum Gasteiger partial charge on any atom is -0.477 e. The van der Waals surface area contributed by atoms with Crippen LogP contribution < -0.4 is 0 Å². The monoisotopic (exact) mass is 323 g/mol. The summed E-state index contributed by atoms with van der Waals surface area (Å²) < 4.78 is 0.898. The Balaban J connectivity index is 3.46. The molecule has 1 aromatic rings. The molecule has 0 unspecified atom stereocenters. The smallest absolute Gasteiger partial charge is 0.342 e. The zero-order valence-corrected chi connectivity index (χ0v) is 9.70. The van der Waals surface area contributed by atoms with E-state index in [2.05, 4.69) is 31.9 Å². The van der Waals surface area contributed by atoms with Crippen LogP contribution in [0.15, 0.2) is 21.1 Å². The zero-order valence-electron chi connectivity index (χ0n) is 6.53. The molecule has 0 atom stereocenters. The van der Waals surface area contributed by atoms with E-state index in [-0.39, 0.29) is 5.56 Å². The first kappa shape index (κ1) is 11.1.